The lowest BCUT2D eigenvalue weighted by atomic mass is 9.92. The molecule has 1 aliphatic heterocycles. The van der Waals surface area contributed by atoms with Crippen LogP contribution >= 0.6 is 0 Å². The molecule has 44 heavy (non-hydrogen) atoms. The number of amides is 3. The molecule has 0 aromatic heterocycles. The molecular formula is C34H38FN3O6. The molecule has 1 aliphatic rings. The van der Waals surface area contributed by atoms with Gasteiger partial charge in [-0.25, -0.2) is 9.18 Å². The average molecular weight is 604 g/mol. The number of fused-ring (bicyclic) bond motifs is 1. The number of halogens is 1. The van der Waals surface area contributed by atoms with Gasteiger partial charge in [0.15, 0.2) is 0 Å². The maximum atomic E-state index is 14.6. The molecule has 0 saturated carbocycles. The quantitative estimate of drug-likeness (QED) is 0.312. The molecule has 0 saturated heterocycles. The molecule has 0 bridgehead atoms. The summed E-state index contributed by atoms with van der Waals surface area (Å²) in [6.45, 7) is 5.57. The van der Waals surface area contributed by atoms with Crippen LogP contribution in [0.15, 0.2) is 72.8 Å². The second-order valence-electron chi connectivity index (χ2n) is 12.0. The van der Waals surface area contributed by atoms with Crippen molar-refractivity contribution in [3.63, 3.8) is 0 Å². The second-order valence-corrected chi connectivity index (χ2v) is 12.0. The Morgan fingerprint density at radius 1 is 0.955 bits per heavy atom. The highest BCUT2D eigenvalue weighted by Gasteiger charge is 2.35. The van der Waals surface area contributed by atoms with Gasteiger partial charge in [-0.1, -0.05) is 66.7 Å². The summed E-state index contributed by atoms with van der Waals surface area (Å²) in [5.74, 6) is -2.08. The molecule has 0 aliphatic carbocycles. The number of benzene rings is 3. The van der Waals surface area contributed by atoms with Crippen molar-refractivity contribution < 1.29 is 33.4 Å². The van der Waals surface area contributed by atoms with Crippen molar-refractivity contribution in [3.8, 4) is 0 Å². The maximum Gasteiger partial charge on any atom is 0.407 e. The summed E-state index contributed by atoms with van der Waals surface area (Å²) in [4.78, 5) is 52.6. The Bertz CT molecular complexity index is 1500. The summed E-state index contributed by atoms with van der Waals surface area (Å²) >= 11 is 0. The number of carbonyl (C=O) groups is 4. The number of aliphatic carboxylic acids is 1. The number of hydrogen-bond acceptors (Lipinski definition) is 5. The molecule has 0 spiro atoms. The predicted molar refractivity (Wildman–Crippen MR) is 162 cm³/mol. The zero-order valence-electron chi connectivity index (χ0n) is 25.1. The third-order valence-corrected chi connectivity index (χ3v) is 7.28. The average Bonchev–Trinajstić information content (AvgIpc) is 2.95. The minimum absolute atomic E-state index is 0.0524. The van der Waals surface area contributed by atoms with Gasteiger partial charge in [-0.05, 0) is 61.1 Å². The van der Waals surface area contributed by atoms with E-state index in [1.807, 2.05) is 24.3 Å². The van der Waals surface area contributed by atoms with Crippen molar-refractivity contribution >= 4 is 23.9 Å². The van der Waals surface area contributed by atoms with E-state index in [0.717, 1.165) is 16.7 Å². The highest BCUT2D eigenvalue weighted by atomic mass is 19.1. The molecule has 1 heterocycles. The van der Waals surface area contributed by atoms with Gasteiger partial charge in [0.1, 0.15) is 17.5 Å². The standard InChI is InChI=1S/C34H38FN3O6/c1-34(2,3)44-33(43)37-27(17-25-9-6-7-11-28(25)35)19-30(39)38-21-26-10-5-4-8-24(26)18-29(38)32(42)36-20-23-14-12-22(13-15-23)16-31(40)41/h4-15,27,29H,16-21H2,1-3H3,(H,36,42)(H,37,43)(H,40,41)/t27-,29+/m1/s1. The van der Waals surface area contributed by atoms with Gasteiger partial charge in [-0.2, -0.15) is 0 Å². The van der Waals surface area contributed by atoms with Gasteiger partial charge in [-0.3, -0.25) is 14.4 Å². The van der Waals surface area contributed by atoms with Crippen molar-refractivity contribution in [2.45, 2.75) is 77.2 Å². The first kappa shape index (κ1) is 32.2. The Balaban J connectivity index is 1.52. The zero-order chi connectivity index (χ0) is 31.9. The van der Waals surface area contributed by atoms with E-state index in [4.69, 9.17) is 9.84 Å². The molecule has 0 radical (unpaired) electrons. The van der Waals surface area contributed by atoms with Crippen molar-refractivity contribution in [3.05, 3.63) is 106 Å². The molecule has 232 valence electrons. The van der Waals surface area contributed by atoms with E-state index in [2.05, 4.69) is 10.6 Å². The van der Waals surface area contributed by atoms with E-state index in [0.29, 0.717) is 17.5 Å². The number of rotatable bonds is 10. The SMILES string of the molecule is CC(C)(C)OC(=O)N[C@@H](CC(=O)N1Cc2ccccc2C[C@H]1C(=O)NCc1ccc(CC(=O)O)cc1)Cc1ccccc1F. The third-order valence-electron chi connectivity index (χ3n) is 7.28. The molecule has 3 N–H and O–H groups in total. The van der Waals surface area contributed by atoms with Crippen LogP contribution in [0.3, 0.4) is 0 Å². The van der Waals surface area contributed by atoms with Crippen molar-refractivity contribution in [1.82, 2.24) is 15.5 Å². The first-order chi connectivity index (χ1) is 20.9. The lowest BCUT2D eigenvalue weighted by Gasteiger charge is -2.37. The predicted octanol–water partition coefficient (Wildman–Crippen LogP) is 4.55. The van der Waals surface area contributed by atoms with Gasteiger partial charge in [0.25, 0.3) is 0 Å². The molecule has 3 amide bonds. The smallest absolute Gasteiger partial charge is 0.407 e. The Morgan fingerprint density at radius 2 is 1.59 bits per heavy atom. The highest BCUT2D eigenvalue weighted by Crippen LogP contribution is 2.25. The van der Waals surface area contributed by atoms with E-state index in [1.165, 1.54) is 11.0 Å². The number of nitrogens with one attached hydrogen (secondary N) is 2. The van der Waals surface area contributed by atoms with Gasteiger partial charge in [0, 0.05) is 32.0 Å². The lowest BCUT2D eigenvalue weighted by Crippen LogP contribution is -2.53. The van der Waals surface area contributed by atoms with Crippen molar-refractivity contribution in [1.29, 1.82) is 0 Å². The first-order valence-corrected chi connectivity index (χ1v) is 14.5. The van der Waals surface area contributed by atoms with Crippen molar-refractivity contribution in [2.75, 3.05) is 0 Å². The van der Waals surface area contributed by atoms with E-state index in [-0.39, 0.29) is 44.2 Å². The van der Waals surface area contributed by atoms with Gasteiger partial charge < -0.3 is 25.4 Å². The van der Waals surface area contributed by atoms with Crippen LogP contribution in [0.25, 0.3) is 0 Å². The lowest BCUT2D eigenvalue weighted by molar-refractivity contribution is -0.142. The number of nitrogens with zero attached hydrogens (tertiary/aromatic N) is 1. The number of alkyl carbamates (subject to hydrolysis) is 1. The monoisotopic (exact) mass is 603 g/mol. The summed E-state index contributed by atoms with van der Waals surface area (Å²) in [7, 11) is 0. The number of ether oxygens (including phenoxy) is 1. The molecule has 0 unspecified atom stereocenters. The molecule has 4 rings (SSSR count). The van der Waals surface area contributed by atoms with Gasteiger partial charge in [-0.15, -0.1) is 0 Å². The molecule has 3 aromatic carbocycles. The van der Waals surface area contributed by atoms with E-state index >= 15 is 0 Å². The van der Waals surface area contributed by atoms with Crippen LogP contribution in [0.4, 0.5) is 9.18 Å². The Kier molecular flexibility index (Phi) is 10.4. The highest BCUT2D eigenvalue weighted by molar-refractivity contribution is 5.89. The summed E-state index contributed by atoms with van der Waals surface area (Å²) < 4.78 is 20.0. The fourth-order valence-corrected chi connectivity index (χ4v) is 5.18. The second kappa shape index (κ2) is 14.2. The zero-order valence-corrected chi connectivity index (χ0v) is 25.1. The molecule has 3 aromatic rings. The molecule has 0 fully saturated rings. The van der Waals surface area contributed by atoms with Gasteiger partial charge in [0.2, 0.25) is 11.8 Å². The van der Waals surface area contributed by atoms with Crippen LogP contribution in [0, 0.1) is 5.82 Å². The normalized spacial score (nSPS) is 15.1. The third kappa shape index (κ3) is 9.13. The summed E-state index contributed by atoms with van der Waals surface area (Å²) in [6.07, 6.45) is -0.630. The number of hydrogen-bond donors (Lipinski definition) is 3. The minimum atomic E-state index is -0.925. The van der Waals surface area contributed by atoms with Crippen LogP contribution in [-0.2, 0) is 51.5 Å². The number of carboxylic acid groups (broad SMARTS) is 1. The Hall–Kier alpha value is -4.73. The Labute approximate surface area is 256 Å². The van der Waals surface area contributed by atoms with Crippen LogP contribution in [0.5, 0.6) is 0 Å². The van der Waals surface area contributed by atoms with Crippen LogP contribution in [0.1, 0.15) is 55.0 Å². The van der Waals surface area contributed by atoms with Gasteiger partial charge in [0.05, 0.1) is 6.42 Å². The number of carboxylic acids is 1. The molecule has 9 nitrogen and oxygen atoms in total. The van der Waals surface area contributed by atoms with Crippen LogP contribution in [0.2, 0.25) is 0 Å². The minimum Gasteiger partial charge on any atom is -0.481 e. The largest absolute Gasteiger partial charge is 0.481 e. The van der Waals surface area contributed by atoms with Gasteiger partial charge >= 0.3 is 12.1 Å². The van der Waals surface area contributed by atoms with Crippen molar-refractivity contribution in [2.24, 2.45) is 0 Å². The number of carbonyl (C=O) groups excluding carboxylic acids is 3. The maximum absolute atomic E-state index is 14.6. The molecule has 2 atom stereocenters. The fraction of sp³-hybridized carbons (Fsp3) is 0.353. The fourth-order valence-electron chi connectivity index (χ4n) is 5.18. The molecule has 10 heteroatoms. The van der Waals surface area contributed by atoms with E-state index in [9.17, 15) is 23.6 Å². The topological polar surface area (TPSA) is 125 Å². The summed E-state index contributed by atoms with van der Waals surface area (Å²) in [5.41, 5.74) is 2.89. The van der Waals surface area contributed by atoms with Crippen LogP contribution < -0.4 is 10.6 Å². The van der Waals surface area contributed by atoms with E-state index < -0.39 is 35.6 Å². The first-order valence-electron chi connectivity index (χ1n) is 14.5. The van der Waals surface area contributed by atoms with E-state index in [1.54, 1.807) is 63.2 Å². The Morgan fingerprint density at radius 3 is 2.25 bits per heavy atom. The summed E-state index contributed by atoms with van der Waals surface area (Å²) in [5, 5.41) is 14.6. The molecular weight excluding hydrogens is 565 g/mol. The van der Waals surface area contributed by atoms with Crippen LogP contribution in [-0.4, -0.2) is 51.6 Å². The summed E-state index contributed by atoms with van der Waals surface area (Å²) in [6, 6.07) is 19.1.